The molecule has 15 heavy (non-hydrogen) atoms. The van der Waals surface area contributed by atoms with Crippen LogP contribution in [0.5, 0.6) is 5.75 Å². The van der Waals surface area contributed by atoms with E-state index in [1.54, 1.807) is 6.07 Å². The van der Waals surface area contributed by atoms with E-state index in [2.05, 4.69) is 11.8 Å². The predicted molar refractivity (Wildman–Crippen MR) is 52.1 cm³/mol. The van der Waals surface area contributed by atoms with E-state index < -0.39 is 11.8 Å². The summed E-state index contributed by atoms with van der Waals surface area (Å²) in [5.41, 5.74) is 0.426. The number of carbonyl (C=O) groups is 1. The lowest BCUT2D eigenvalue weighted by molar-refractivity contribution is -0.135. The Morgan fingerprint density at radius 3 is 2.87 bits per heavy atom. The highest BCUT2D eigenvalue weighted by molar-refractivity contribution is 5.70. The number of aliphatic carboxylic acids is 1. The maximum atomic E-state index is 13.1. The molecule has 0 fully saturated rings. The maximum absolute atomic E-state index is 13.1. The van der Waals surface area contributed by atoms with Crippen LogP contribution in [0.25, 0.3) is 0 Å². The van der Waals surface area contributed by atoms with Gasteiger partial charge >= 0.3 is 5.97 Å². The van der Waals surface area contributed by atoms with E-state index in [0.29, 0.717) is 5.56 Å². The first-order valence-corrected chi connectivity index (χ1v) is 4.17. The summed E-state index contributed by atoms with van der Waals surface area (Å²) in [7, 11) is 1.37. The zero-order valence-electron chi connectivity index (χ0n) is 8.08. The van der Waals surface area contributed by atoms with E-state index in [-0.39, 0.29) is 12.2 Å². The molecule has 0 unspecified atom stereocenters. The van der Waals surface area contributed by atoms with Gasteiger partial charge in [-0.1, -0.05) is 11.8 Å². The van der Waals surface area contributed by atoms with Crippen molar-refractivity contribution in [2.75, 3.05) is 7.11 Å². The average Bonchev–Trinajstić information content (AvgIpc) is 2.17. The van der Waals surface area contributed by atoms with Gasteiger partial charge in [0.05, 0.1) is 7.11 Å². The van der Waals surface area contributed by atoms with Gasteiger partial charge in [-0.2, -0.15) is 0 Å². The fourth-order valence-corrected chi connectivity index (χ4v) is 0.966. The third-order valence-electron chi connectivity index (χ3n) is 1.62. The standard InChI is InChI=1S/C11H9FO3/c1-15-10-6-5-8(7-9(10)12)3-2-4-11(13)14/h5-7H,4H2,1H3,(H,13,14). The smallest absolute Gasteiger partial charge is 0.315 e. The summed E-state index contributed by atoms with van der Waals surface area (Å²) in [4.78, 5) is 10.2. The minimum atomic E-state index is -1.00. The molecule has 1 aromatic carbocycles. The topological polar surface area (TPSA) is 46.5 Å². The van der Waals surface area contributed by atoms with E-state index in [4.69, 9.17) is 9.84 Å². The van der Waals surface area contributed by atoms with Crippen LogP contribution in [-0.4, -0.2) is 18.2 Å². The molecule has 78 valence electrons. The number of ether oxygens (including phenoxy) is 1. The van der Waals surface area contributed by atoms with Gasteiger partial charge in [0.15, 0.2) is 11.6 Å². The number of carboxylic acids is 1. The monoisotopic (exact) mass is 208 g/mol. The molecule has 0 heterocycles. The molecule has 0 amide bonds. The summed E-state index contributed by atoms with van der Waals surface area (Å²) in [6, 6.07) is 4.21. The van der Waals surface area contributed by atoms with Gasteiger partial charge in [0.2, 0.25) is 0 Å². The molecular formula is C11H9FO3. The van der Waals surface area contributed by atoms with Crippen molar-refractivity contribution in [2.45, 2.75) is 6.42 Å². The number of halogens is 1. The first-order valence-electron chi connectivity index (χ1n) is 4.17. The molecule has 0 spiro atoms. The van der Waals surface area contributed by atoms with Crippen molar-refractivity contribution in [3.8, 4) is 17.6 Å². The van der Waals surface area contributed by atoms with E-state index in [9.17, 15) is 9.18 Å². The predicted octanol–water partition coefficient (Wildman–Crippen LogP) is 1.66. The molecule has 0 aliphatic heterocycles. The molecule has 0 saturated carbocycles. The molecule has 3 nitrogen and oxygen atoms in total. The summed E-state index contributed by atoms with van der Waals surface area (Å²) < 4.78 is 17.9. The lowest BCUT2D eigenvalue weighted by Crippen LogP contribution is -1.91. The van der Waals surface area contributed by atoms with E-state index >= 15 is 0 Å². The van der Waals surface area contributed by atoms with Gasteiger partial charge in [-0.15, -0.1) is 0 Å². The van der Waals surface area contributed by atoms with Crippen LogP contribution in [0.15, 0.2) is 18.2 Å². The summed E-state index contributed by atoms with van der Waals surface area (Å²) in [5, 5.41) is 8.33. The highest BCUT2D eigenvalue weighted by Gasteiger charge is 2.01. The SMILES string of the molecule is COc1ccc(C#CCC(=O)O)cc1F. The lowest BCUT2D eigenvalue weighted by Gasteiger charge is -2.00. The van der Waals surface area contributed by atoms with E-state index in [1.165, 1.54) is 19.2 Å². The third kappa shape index (κ3) is 3.31. The number of methoxy groups -OCH3 is 1. The second-order valence-corrected chi connectivity index (χ2v) is 2.72. The number of hydrogen-bond donors (Lipinski definition) is 1. The fourth-order valence-electron chi connectivity index (χ4n) is 0.966. The van der Waals surface area contributed by atoms with Crippen LogP contribution in [0.1, 0.15) is 12.0 Å². The quantitative estimate of drug-likeness (QED) is 0.752. The van der Waals surface area contributed by atoms with Gasteiger partial charge in [-0.3, -0.25) is 4.79 Å². The molecule has 0 saturated heterocycles. The van der Waals surface area contributed by atoms with Crippen LogP contribution in [0.4, 0.5) is 4.39 Å². The van der Waals surface area contributed by atoms with Crippen molar-refractivity contribution >= 4 is 5.97 Å². The zero-order chi connectivity index (χ0) is 11.3. The number of hydrogen-bond acceptors (Lipinski definition) is 2. The first kappa shape index (κ1) is 11.1. The van der Waals surface area contributed by atoms with Crippen molar-refractivity contribution in [1.82, 2.24) is 0 Å². The minimum absolute atomic E-state index is 0.138. The van der Waals surface area contributed by atoms with Crippen molar-refractivity contribution in [2.24, 2.45) is 0 Å². The fraction of sp³-hybridized carbons (Fsp3) is 0.182. The Kier molecular flexibility index (Phi) is 3.69. The van der Waals surface area contributed by atoms with Gasteiger partial charge in [0, 0.05) is 5.56 Å². The molecule has 1 rings (SSSR count). The molecule has 0 aromatic heterocycles. The molecule has 0 aliphatic carbocycles. The molecular weight excluding hydrogens is 199 g/mol. The maximum Gasteiger partial charge on any atom is 0.315 e. The number of carboxylic acid groups (broad SMARTS) is 1. The lowest BCUT2D eigenvalue weighted by atomic mass is 10.2. The van der Waals surface area contributed by atoms with Crippen molar-refractivity contribution in [3.05, 3.63) is 29.6 Å². The largest absolute Gasteiger partial charge is 0.494 e. The second kappa shape index (κ2) is 5.01. The Hall–Kier alpha value is -2.02. The summed E-state index contributed by atoms with van der Waals surface area (Å²) in [6.45, 7) is 0. The first-order chi connectivity index (χ1) is 7.13. The minimum Gasteiger partial charge on any atom is -0.494 e. The average molecular weight is 208 g/mol. The molecule has 1 aromatic rings. The Bertz CT molecular complexity index is 429. The zero-order valence-corrected chi connectivity index (χ0v) is 8.08. The van der Waals surface area contributed by atoms with Crippen LogP contribution < -0.4 is 4.74 Å². The van der Waals surface area contributed by atoms with Crippen LogP contribution in [0, 0.1) is 17.7 Å². The van der Waals surface area contributed by atoms with Gasteiger partial charge in [-0.25, -0.2) is 4.39 Å². The third-order valence-corrected chi connectivity index (χ3v) is 1.62. The second-order valence-electron chi connectivity index (χ2n) is 2.72. The molecule has 4 heteroatoms. The van der Waals surface area contributed by atoms with Crippen LogP contribution >= 0.6 is 0 Å². The Balaban J connectivity index is 2.82. The highest BCUT2D eigenvalue weighted by Crippen LogP contribution is 2.16. The van der Waals surface area contributed by atoms with Gasteiger partial charge < -0.3 is 9.84 Å². The Morgan fingerprint density at radius 1 is 1.60 bits per heavy atom. The molecule has 0 radical (unpaired) electrons. The van der Waals surface area contributed by atoms with Crippen LogP contribution in [0.3, 0.4) is 0 Å². The summed E-state index contributed by atoms with van der Waals surface area (Å²) in [6.07, 6.45) is -0.256. The molecule has 0 aliphatic rings. The van der Waals surface area contributed by atoms with Gasteiger partial charge in [0.25, 0.3) is 0 Å². The number of rotatable bonds is 2. The van der Waals surface area contributed by atoms with E-state index in [0.717, 1.165) is 0 Å². The van der Waals surface area contributed by atoms with Crippen molar-refractivity contribution < 1.29 is 19.0 Å². The Morgan fingerprint density at radius 2 is 2.33 bits per heavy atom. The Labute approximate surface area is 86.5 Å². The van der Waals surface area contributed by atoms with Gasteiger partial charge in [0.1, 0.15) is 6.42 Å². The van der Waals surface area contributed by atoms with E-state index in [1.807, 2.05) is 0 Å². The normalized spacial score (nSPS) is 8.93. The summed E-state index contributed by atoms with van der Waals surface area (Å²) >= 11 is 0. The number of benzene rings is 1. The van der Waals surface area contributed by atoms with Gasteiger partial charge in [-0.05, 0) is 18.2 Å². The van der Waals surface area contributed by atoms with Crippen LogP contribution in [0.2, 0.25) is 0 Å². The molecule has 1 N–H and O–H groups in total. The van der Waals surface area contributed by atoms with Crippen molar-refractivity contribution in [3.63, 3.8) is 0 Å². The van der Waals surface area contributed by atoms with Crippen LogP contribution in [-0.2, 0) is 4.79 Å². The molecule has 0 atom stereocenters. The highest BCUT2D eigenvalue weighted by atomic mass is 19.1. The van der Waals surface area contributed by atoms with Crippen molar-refractivity contribution in [1.29, 1.82) is 0 Å². The summed E-state index contributed by atoms with van der Waals surface area (Å²) in [5.74, 6) is 3.57. The molecule has 0 bridgehead atoms.